The third kappa shape index (κ3) is 3.64. The fourth-order valence-electron chi connectivity index (χ4n) is 3.55. The number of anilines is 1. The minimum absolute atomic E-state index is 0.111. The van der Waals surface area contributed by atoms with Crippen LogP contribution in [-0.2, 0) is 6.54 Å². The molecule has 1 aliphatic carbocycles. The first-order valence-electron chi connectivity index (χ1n) is 10.1. The molecule has 4 heterocycles. The zero-order valence-corrected chi connectivity index (χ0v) is 17.4. The number of nitriles is 1. The standard InChI is InChI=1S/C21H19F2N9/c1-12(2)28-17-4-19(32-20-14(8-27-32)3-13(6-24)7-26-20)25-9-16(17)18-11-31(30-29-18)10-15-5-21(15,22)23/h3-4,7-9,11-12,15H,5,10H2,1-2H3,(H,25,28). The maximum Gasteiger partial charge on any atom is 0.253 e. The van der Waals surface area contributed by atoms with Crippen LogP contribution in [0.15, 0.2) is 36.9 Å². The molecule has 5 rings (SSSR count). The van der Waals surface area contributed by atoms with Crippen molar-refractivity contribution in [2.24, 2.45) is 5.92 Å². The van der Waals surface area contributed by atoms with E-state index < -0.39 is 11.8 Å². The molecule has 0 bridgehead atoms. The number of pyridine rings is 2. The van der Waals surface area contributed by atoms with Crippen molar-refractivity contribution in [2.45, 2.75) is 38.8 Å². The van der Waals surface area contributed by atoms with Crippen LogP contribution in [0.4, 0.5) is 14.5 Å². The molecule has 4 aromatic rings. The highest BCUT2D eigenvalue weighted by Gasteiger charge is 2.56. The summed E-state index contributed by atoms with van der Waals surface area (Å²) in [4.78, 5) is 8.86. The van der Waals surface area contributed by atoms with Crippen LogP contribution in [0.3, 0.4) is 0 Å². The van der Waals surface area contributed by atoms with E-state index in [1.165, 1.54) is 10.9 Å². The fraction of sp³-hybridized carbons (Fsp3) is 0.333. The van der Waals surface area contributed by atoms with Crippen molar-refractivity contribution in [1.29, 1.82) is 5.26 Å². The summed E-state index contributed by atoms with van der Waals surface area (Å²) in [6.07, 6.45) is 6.32. The monoisotopic (exact) mass is 435 g/mol. The summed E-state index contributed by atoms with van der Waals surface area (Å²) in [5.41, 5.74) is 3.03. The van der Waals surface area contributed by atoms with Crippen molar-refractivity contribution in [1.82, 2.24) is 34.7 Å². The van der Waals surface area contributed by atoms with Crippen molar-refractivity contribution >= 4 is 16.7 Å². The molecular weight excluding hydrogens is 416 g/mol. The smallest absolute Gasteiger partial charge is 0.253 e. The molecule has 32 heavy (non-hydrogen) atoms. The van der Waals surface area contributed by atoms with E-state index in [1.54, 1.807) is 29.3 Å². The van der Waals surface area contributed by atoms with Crippen LogP contribution in [0.1, 0.15) is 25.8 Å². The average Bonchev–Trinajstić information content (AvgIpc) is 3.13. The van der Waals surface area contributed by atoms with E-state index in [4.69, 9.17) is 5.26 Å². The minimum Gasteiger partial charge on any atom is -0.382 e. The van der Waals surface area contributed by atoms with Crippen LogP contribution in [0.25, 0.3) is 28.1 Å². The molecular formula is C21H19F2N9. The van der Waals surface area contributed by atoms with Gasteiger partial charge >= 0.3 is 0 Å². The van der Waals surface area contributed by atoms with Crippen LogP contribution >= 0.6 is 0 Å². The Balaban J connectivity index is 1.50. The predicted octanol–water partition coefficient (Wildman–Crippen LogP) is 3.42. The summed E-state index contributed by atoms with van der Waals surface area (Å²) >= 11 is 0. The van der Waals surface area contributed by atoms with Crippen LogP contribution in [-0.4, -0.2) is 46.7 Å². The Hall–Kier alpha value is -3.94. The van der Waals surface area contributed by atoms with Gasteiger partial charge in [-0.05, 0) is 19.9 Å². The van der Waals surface area contributed by atoms with Gasteiger partial charge < -0.3 is 5.32 Å². The molecule has 1 fully saturated rings. The minimum atomic E-state index is -2.60. The van der Waals surface area contributed by atoms with Crippen LogP contribution in [0.5, 0.6) is 0 Å². The lowest BCUT2D eigenvalue weighted by atomic mass is 10.1. The van der Waals surface area contributed by atoms with Crippen molar-refractivity contribution < 1.29 is 8.78 Å². The third-order valence-electron chi connectivity index (χ3n) is 5.27. The molecule has 0 radical (unpaired) electrons. The van der Waals surface area contributed by atoms with Gasteiger partial charge in [0.25, 0.3) is 5.92 Å². The number of aromatic nitrogens is 7. The lowest BCUT2D eigenvalue weighted by Gasteiger charge is -2.14. The molecule has 1 N–H and O–H groups in total. The van der Waals surface area contributed by atoms with Gasteiger partial charge in [0.2, 0.25) is 0 Å². The Kier molecular flexibility index (Phi) is 4.58. The second kappa shape index (κ2) is 7.33. The second-order valence-electron chi connectivity index (χ2n) is 8.18. The zero-order chi connectivity index (χ0) is 22.5. The van der Waals surface area contributed by atoms with Gasteiger partial charge in [0.05, 0.1) is 24.5 Å². The number of alkyl halides is 2. The Morgan fingerprint density at radius 2 is 2.06 bits per heavy atom. The van der Waals surface area contributed by atoms with E-state index in [9.17, 15) is 8.78 Å². The topological polar surface area (TPSA) is 110 Å². The molecule has 1 aliphatic rings. The highest BCUT2D eigenvalue weighted by Crippen LogP contribution is 2.49. The normalized spacial score (nSPS) is 16.9. The lowest BCUT2D eigenvalue weighted by molar-refractivity contribution is 0.0941. The average molecular weight is 435 g/mol. The van der Waals surface area contributed by atoms with E-state index in [0.29, 0.717) is 28.3 Å². The number of nitrogens with one attached hydrogen (secondary N) is 1. The van der Waals surface area contributed by atoms with Crippen molar-refractivity contribution in [3.63, 3.8) is 0 Å². The molecule has 4 aromatic heterocycles. The van der Waals surface area contributed by atoms with Gasteiger partial charge in [-0.3, -0.25) is 4.68 Å². The summed E-state index contributed by atoms with van der Waals surface area (Å²) in [5.74, 6) is -2.75. The van der Waals surface area contributed by atoms with E-state index in [1.807, 2.05) is 19.9 Å². The van der Waals surface area contributed by atoms with Gasteiger partial charge in [-0.2, -0.15) is 15.0 Å². The maximum atomic E-state index is 13.2. The highest BCUT2D eigenvalue weighted by atomic mass is 19.3. The molecule has 1 saturated carbocycles. The largest absolute Gasteiger partial charge is 0.382 e. The number of hydrogen-bond acceptors (Lipinski definition) is 7. The molecule has 162 valence electrons. The quantitative estimate of drug-likeness (QED) is 0.494. The fourth-order valence-corrected chi connectivity index (χ4v) is 3.55. The third-order valence-corrected chi connectivity index (χ3v) is 5.27. The number of hydrogen-bond donors (Lipinski definition) is 1. The van der Waals surface area contributed by atoms with E-state index in [0.717, 1.165) is 11.1 Å². The Morgan fingerprint density at radius 1 is 1.25 bits per heavy atom. The number of nitrogens with zero attached hydrogens (tertiary/aromatic N) is 8. The molecule has 11 heteroatoms. The first-order chi connectivity index (χ1) is 15.3. The predicted molar refractivity (Wildman–Crippen MR) is 112 cm³/mol. The summed E-state index contributed by atoms with van der Waals surface area (Å²) in [6, 6.07) is 5.73. The number of fused-ring (bicyclic) bond motifs is 1. The van der Waals surface area contributed by atoms with Gasteiger partial charge in [0.1, 0.15) is 11.8 Å². The molecule has 1 atom stereocenters. The second-order valence-corrected chi connectivity index (χ2v) is 8.18. The molecule has 0 spiro atoms. The lowest BCUT2D eigenvalue weighted by Crippen LogP contribution is -2.12. The number of rotatable bonds is 6. The van der Waals surface area contributed by atoms with Crippen LogP contribution < -0.4 is 5.32 Å². The van der Waals surface area contributed by atoms with Crippen molar-refractivity contribution in [2.75, 3.05) is 5.32 Å². The molecule has 0 amide bonds. The summed E-state index contributed by atoms with van der Waals surface area (Å²) in [5, 5.41) is 25.7. The van der Waals surface area contributed by atoms with Crippen molar-refractivity contribution in [3.05, 3.63) is 42.5 Å². The number of halogens is 2. The first-order valence-corrected chi connectivity index (χ1v) is 10.1. The summed E-state index contributed by atoms with van der Waals surface area (Å²) < 4.78 is 29.5. The van der Waals surface area contributed by atoms with E-state index >= 15 is 0 Å². The maximum absolute atomic E-state index is 13.2. The highest BCUT2D eigenvalue weighted by molar-refractivity contribution is 5.79. The Labute approximate surface area is 181 Å². The van der Waals surface area contributed by atoms with E-state index in [2.05, 4.69) is 36.8 Å². The van der Waals surface area contributed by atoms with Gasteiger partial charge in [-0.25, -0.2) is 18.7 Å². The van der Waals surface area contributed by atoms with Gasteiger partial charge in [-0.15, -0.1) is 5.10 Å². The molecule has 1 unspecified atom stereocenters. The molecule has 0 saturated heterocycles. The molecule has 0 aromatic carbocycles. The van der Waals surface area contributed by atoms with Crippen LogP contribution in [0, 0.1) is 17.2 Å². The zero-order valence-electron chi connectivity index (χ0n) is 17.4. The summed E-state index contributed by atoms with van der Waals surface area (Å²) in [7, 11) is 0. The first kappa shape index (κ1) is 20.0. The Bertz CT molecular complexity index is 1350. The summed E-state index contributed by atoms with van der Waals surface area (Å²) in [6.45, 7) is 4.14. The van der Waals surface area contributed by atoms with Gasteiger partial charge in [-0.1, -0.05) is 5.21 Å². The SMILES string of the molecule is CC(C)Nc1cc(-n2ncc3cc(C#N)cnc32)ncc1-c1cn(CC2CC2(F)F)nn1. The molecule has 9 nitrogen and oxygen atoms in total. The van der Waals surface area contributed by atoms with Crippen molar-refractivity contribution in [3.8, 4) is 23.1 Å². The van der Waals surface area contributed by atoms with Crippen LogP contribution in [0.2, 0.25) is 0 Å². The van der Waals surface area contributed by atoms with E-state index in [-0.39, 0.29) is 19.0 Å². The van der Waals surface area contributed by atoms with Gasteiger partial charge in [0.15, 0.2) is 11.5 Å². The Morgan fingerprint density at radius 3 is 2.78 bits per heavy atom. The van der Waals surface area contributed by atoms with Gasteiger partial charge in [0, 0.05) is 53.5 Å². The molecule has 0 aliphatic heterocycles.